The van der Waals surface area contributed by atoms with Crippen LogP contribution >= 0.6 is 0 Å². The fourth-order valence-corrected chi connectivity index (χ4v) is 2.41. The van der Waals surface area contributed by atoms with Crippen molar-refractivity contribution in [2.75, 3.05) is 13.2 Å². The molecule has 0 atom stereocenters. The molecule has 0 unspecified atom stereocenters. The number of aliphatic carboxylic acids is 1. The molecule has 2 amide bonds. The van der Waals surface area contributed by atoms with Crippen molar-refractivity contribution < 1.29 is 24.2 Å². The second-order valence-corrected chi connectivity index (χ2v) is 7.05. The fraction of sp³-hybridized carbons (Fsp3) is 0.261. The Labute approximate surface area is 175 Å². The number of carbonyl (C=O) groups excluding carboxylic acids is 2. The number of hydrogen-bond acceptors (Lipinski definition) is 4. The number of carbonyl (C=O) groups is 3. The lowest BCUT2D eigenvalue weighted by Gasteiger charge is -2.12. The molecule has 158 valence electrons. The number of benzene rings is 2. The van der Waals surface area contributed by atoms with Crippen molar-refractivity contribution in [1.29, 1.82) is 0 Å². The van der Waals surface area contributed by atoms with Crippen molar-refractivity contribution in [3.8, 4) is 5.75 Å². The average Bonchev–Trinajstić information content (AvgIpc) is 2.72. The zero-order valence-corrected chi connectivity index (χ0v) is 17.1. The van der Waals surface area contributed by atoms with Crippen LogP contribution in [0.25, 0.3) is 6.08 Å². The van der Waals surface area contributed by atoms with Gasteiger partial charge < -0.3 is 20.5 Å². The van der Waals surface area contributed by atoms with Crippen LogP contribution in [-0.2, 0) is 9.59 Å². The minimum absolute atomic E-state index is 0.0247. The van der Waals surface area contributed by atoms with Crippen molar-refractivity contribution in [3.05, 3.63) is 71.4 Å². The molecule has 0 aliphatic rings. The molecule has 0 radical (unpaired) electrons. The minimum atomic E-state index is -1.02. The van der Waals surface area contributed by atoms with Gasteiger partial charge in [0.1, 0.15) is 11.4 Å². The van der Waals surface area contributed by atoms with Crippen LogP contribution in [0.15, 0.2) is 60.3 Å². The van der Waals surface area contributed by atoms with Gasteiger partial charge in [-0.25, -0.2) is 0 Å². The van der Waals surface area contributed by atoms with Gasteiger partial charge in [-0.05, 0) is 41.8 Å². The molecule has 7 nitrogen and oxygen atoms in total. The van der Waals surface area contributed by atoms with Crippen molar-refractivity contribution in [1.82, 2.24) is 10.6 Å². The van der Waals surface area contributed by atoms with Crippen molar-refractivity contribution in [2.24, 2.45) is 5.92 Å². The van der Waals surface area contributed by atoms with Crippen molar-refractivity contribution in [3.63, 3.8) is 0 Å². The summed E-state index contributed by atoms with van der Waals surface area (Å²) in [6.07, 6.45) is 1.32. The number of rotatable bonds is 10. The van der Waals surface area contributed by atoms with Gasteiger partial charge >= 0.3 is 5.97 Å². The molecule has 2 rings (SSSR count). The summed E-state index contributed by atoms with van der Waals surface area (Å²) in [5, 5.41) is 13.9. The second-order valence-electron chi connectivity index (χ2n) is 7.05. The van der Waals surface area contributed by atoms with E-state index in [0.717, 1.165) is 5.56 Å². The molecule has 0 aliphatic heterocycles. The molecule has 0 aliphatic carbocycles. The van der Waals surface area contributed by atoms with Gasteiger partial charge in [0.15, 0.2) is 0 Å². The maximum Gasteiger partial charge on any atom is 0.305 e. The number of amides is 2. The number of ether oxygens (including phenoxy) is 1. The van der Waals surface area contributed by atoms with E-state index in [4.69, 9.17) is 9.84 Å². The molecule has 7 heteroatoms. The van der Waals surface area contributed by atoms with Crippen molar-refractivity contribution >= 4 is 23.9 Å². The molecule has 0 spiro atoms. The summed E-state index contributed by atoms with van der Waals surface area (Å²) in [5.74, 6) is -0.996. The van der Waals surface area contributed by atoms with E-state index >= 15 is 0 Å². The molecule has 30 heavy (non-hydrogen) atoms. The van der Waals surface area contributed by atoms with Crippen LogP contribution in [0.5, 0.6) is 5.75 Å². The average molecular weight is 410 g/mol. The van der Waals surface area contributed by atoms with Crippen molar-refractivity contribution in [2.45, 2.75) is 20.3 Å². The minimum Gasteiger partial charge on any atom is -0.493 e. The standard InChI is InChI=1S/C23H26N2O5/c1-16(2)15-30-19-10-8-18(9-11-19)22(28)25-20(14-17-6-4-3-5-7-17)23(29)24-13-12-21(26)27/h3-11,14,16H,12-13,15H2,1-2H3,(H,24,29)(H,25,28)(H,26,27)/b20-14+. The first-order valence-corrected chi connectivity index (χ1v) is 9.66. The molecule has 2 aromatic rings. The van der Waals surface area contributed by atoms with E-state index in [1.165, 1.54) is 6.08 Å². The van der Waals surface area contributed by atoms with Gasteiger partial charge in [0, 0.05) is 12.1 Å². The van der Waals surface area contributed by atoms with Gasteiger partial charge in [0.05, 0.1) is 13.0 Å². The van der Waals surface area contributed by atoms with Crippen LogP contribution in [0.4, 0.5) is 0 Å². The van der Waals surface area contributed by atoms with Gasteiger partial charge in [-0.2, -0.15) is 0 Å². The number of nitrogens with one attached hydrogen (secondary N) is 2. The highest BCUT2D eigenvalue weighted by molar-refractivity contribution is 6.05. The Balaban J connectivity index is 2.12. The van der Waals surface area contributed by atoms with Crippen LogP contribution in [0.1, 0.15) is 36.2 Å². The Bertz CT molecular complexity index is 890. The summed E-state index contributed by atoms with van der Waals surface area (Å²) < 4.78 is 5.61. The summed E-state index contributed by atoms with van der Waals surface area (Å²) in [6, 6.07) is 15.7. The lowest BCUT2D eigenvalue weighted by molar-refractivity contribution is -0.136. The Morgan fingerprint density at radius 3 is 2.30 bits per heavy atom. The molecule has 2 aromatic carbocycles. The van der Waals surface area contributed by atoms with Gasteiger partial charge in [-0.15, -0.1) is 0 Å². The Morgan fingerprint density at radius 2 is 1.70 bits per heavy atom. The summed E-state index contributed by atoms with van der Waals surface area (Å²) in [6.45, 7) is 4.62. The molecule has 0 saturated carbocycles. The quantitative estimate of drug-likeness (QED) is 0.522. The van der Waals surface area contributed by atoms with Gasteiger partial charge in [0.25, 0.3) is 11.8 Å². The Hall–Kier alpha value is -3.61. The first-order chi connectivity index (χ1) is 14.3. The molecule has 3 N–H and O–H groups in total. The lowest BCUT2D eigenvalue weighted by Crippen LogP contribution is -2.35. The smallest absolute Gasteiger partial charge is 0.305 e. The number of carboxylic acid groups (broad SMARTS) is 1. The van der Waals surface area contributed by atoms with E-state index in [9.17, 15) is 14.4 Å². The zero-order valence-electron chi connectivity index (χ0n) is 17.1. The highest BCUT2D eigenvalue weighted by Crippen LogP contribution is 2.14. The molecular weight excluding hydrogens is 384 g/mol. The van der Waals surface area contributed by atoms with Crippen LogP contribution < -0.4 is 15.4 Å². The third-order valence-corrected chi connectivity index (χ3v) is 3.93. The van der Waals surface area contributed by atoms with Crippen LogP contribution in [0.3, 0.4) is 0 Å². The molecule has 0 bridgehead atoms. The monoisotopic (exact) mass is 410 g/mol. The third kappa shape index (κ3) is 7.79. The topological polar surface area (TPSA) is 105 Å². The van der Waals surface area contributed by atoms with Gasteiger partial charge in [0.2, 0.25) is 0 Å². The lowest BCUT2D eigenvalue weighted by atomic mass is 10.1. The Morgan fingerprint density at radius 1 is 1.03 bits per heavy atom. The maximum atomic E-state index is 12.6. The highest BCUT2D eigenvalue weighted by Gasteiger charge is 2.15. The van der Waals surface area contributed by atoms with E-state index in [1.54, 1.807) is 36.4 Å². The fourth-order valence-electron chi connectivity index (χ4n) is 2.41. The van der Waals surface area contributed by atoms with Gasteiger partial charge in [-0.3, -0.25) is 14.4 Å². The number of carboxylic acids is 1. The first kappa shape index (κ1) is 22.7. The number of hydrogen-bond donors (Lipinski definition) is 3. The zero-order chi connectivity index (χ0) is 21.9. The molecular formula is C23H26N2O5. The highest BCUT2D eigenvalue weighted by atomic mass is 16.5. The Kier molecular flexibility index (Phi) is 8.62. The predicted octanol–water partition coefficient (Wildman–Crippen LogP) is 3.08. The summed E-state index contributed by atoms with van der Waals surface area (Å²) >= 11 is 0. The van der Waals surface area contributed by atoms with E-state index in [-0.39, 0.29) is 18.7 Å². The molecule has 0 saturated heterocycles. The van der Waals surface area contributed by atoms with Gasteiger partial charge in [-0.1, -0.05) is 44.2 Å². The third-order valence-electron chi connectivity index (χ3n) is 3.93. The molecule has 0 aromatic heterocycles. The van der Waals surface area contributed by atoms with Crippen LogP contribution in [0.2, 0.25) is 0 Å². The van der Waals surface area contributed by atoms with E-state index in [0.29, 0.717) is 23.8 Å². The largest absolute Gasteiger partial charge is 0.493 e. The first-order valence-electron chi connectivity index (χ1n) is 9.66. The molecule has 0 fully saturated rings. The maximum absolute atomic E-state index is 12.6. The van der Waals surface area contributed by atoms with Crippen LogP contribution in [0, 0.1) is 5.92 Å². The normalized spacial score (nSPS) is 11.1. The van der Waals surface area contributed by atoms with E-state index in [1.807, 2.05) is 32.0 Å². The second kappa shape index (κ2) is 11.4. The summed E-state index contributed by atoms with van der Waals surface area (Å²) in [7, 11) is 0. The SMILES string of the molecule is CC(C)COc1ccc(C(=O)N/C(=C/c2ccccc2)C(=O)NCCC(=O)O)cc1. The van der Waals surface area contributed by atoms with E-state index in [2.05, 4.69) is 10.6 Å². The predicted molar refractivity (Wildman–Crippen MR) is 114 cm³/mol. The summed E-state index contributed by atoms with van der Waals surface area (Å²) in [5.41, 5.74) is 1.11. The van der Waals surface area contributed by atoms with E-state index < -0.39 is 17.8 Å². The molecule has 0 heterocycles. The summed E-state index contributed by atoms with van der Waals surface area (Å²) in [4.78, 5) is 35.8. The van der Waals surface area contributed by atoms with Crippen LogP contribution in [-0.4, -0.2) is 36.0 Å².